The summed E-state index contributed by atoms with van der Waals surface area (Å²) in [5.74, 6) is -0.149. The number of halogens is 2. The van der Waals surface area contributed by atoms with Gasteiger partial charge in [0.05, 0.1) is 24.8 Å². The maximum Gasteiger partial charge on any atom is 0.264 e. The molecule has 2 amide bonds. The van der Waals surface area contributed by atoms with Crippen LogP contribution in [0, 0.1) is 12.8 Å². The number of benzene rings is 3. The molecule has 1 atom stereocenters. The van der Waals surface area contributed by atoms with Crippen LogP contribution >= 0.6 is 23.2 Å². The van der Waals surface area contributed by atoms with Crippen molar-refractivity contribution in [2.24, 2.45) is 5.92 Å². The number of carbonyl (C=O) groups is 2. The van der Waals surface area contributed by atoms with E-state index >= 15 is 0 Å². The quantitative estimate of drug-likeness (QED) is 0.255. The number of amides is 2. The Labute approximate surface area is 263 Å². The summed E-state index contributed by atoms with van der Waals surface area (Å²) in [5.41, 5.74) is 1.59. The highest BCUT2D eigenvalue weighted by Gasteiger charge is 2.33. The molecule has 3 rings (SSSR count). The zero-order valence-electron chi connectivity index (χ0n) is 25.1. The number of hydrogen-bond acceptors (Lipinski definition) is 6. The molecular weight excluding hydrogens is 613 g/mol. The number of methoxy groups -OCH3 is 2. The molecule has 0 aliphatic rings. The molecule has 0 saturated carbocycles. The Kier molecular flexibility index (Phi) is 11.7. The highest BCUT2D eigenvalue weighted by Crippen LogP contribution is 2.34. The average Bonchev–Trinajstić information content (AvgIpc) is 2.97. The molecule has 0 saturated heterocycles. The van der Waals surface area contributed by atoms with Crippen LogP contribution in [0.4, 0.5) is 5.69 Å². The van der Waals surface area contributed by atoms with Gasteiger partial charge in [-0.2, -0.15) is 0 Å². The molecule has 0 unspecified atom stereocenters. The lowest BCUT2D eigenvalue weighted by Crippen LogP contribution is -2.51. The van der Waals surface area contributed by atoms with Crippen molar-refractivity contribution in [3.05, 3.63) is 81.8 Å². The van der Waals surface area contributed by atoms with Crippen LogP contribution in [0.1, 0.15) is 31.9 Å². The van der Waals surface area contributed by atoms with Gasteiger partial charge in [0.15, 0.2) is 11.5 Å². The number of hydrogen-bond donors (Lipinski definition) is 1. The third-order valence-electron chi connectivity index (χ3n) is 6.75. The van der Waals surface area contributed by atoms with E-state index < -0.39 is 28.5 Å². The first kappa shape index (κ1) is 34.0. The van der Waals surface area contributed by atoms with E-state index in [2.05, 4.69) is 5.32 Å². The molecule has 0 aliphatic carbocycles. The van der Waals surface area contributed by atoms with E-state index in [1.165, 1.54) is 43.4 Å². The summed E-state index contributed by atoms with van der Waals surface area (Å²) in [6.07, 6.45) is 0. The minimum absolute atomic E-state index is 0.00398. The first-order valence-electron chi connectivity index (χ1n) is 13.6. The highest BCUT2D eigenvalue weighted by atomic mass is 35.5. The predicted octanol–water partition coefficient (Wildman–Crippen LogP) is 5.70. The lowest BCUT2D eigenvalue weighted by atomic mass is 10.1. The van der Waals surface area contributed by atoms with E-state index in [9.17, 15) is 18.0 Å². The molecule has 0 spiro atoms. The predicted molar refractivity (Wildman–Crippen MR) is 170 cm³/mol. The Morgan fingerprint density at radius 3 is 2.14 bits per heavy atom. The van der Waals surface area contributed by atoms with E-state index in [0.717, 1.165) is 9.87 Å². The second-order valence-corrected chi connectivity index (χ2v) is 13.1. The smallest absolute Gasteiger partial charge is 0.264 e. The zero-order chi connectivity index (χ0) is 31.9. The molecule has 232 valence electrons. The van der Waals surface area contributed by atoms with Crippen molar-refractivity contribution >= 4 is 50.7 Å². The molecular formula is C31H37Cl2N3O6S. The minimum atomic E-state index is -4.25. The summed E-state index contributed by atoms with van der Waals surface area (Å²) in [4.78, 5) is 28.6. The van der Waals surface area contributed by atoms with Gasteiger partial charge in [-0.3, -0.25) is 13.9 Å². The van der Waals surface area contributed by atoms with Crippen molar-refractivity contribution in [1.29, 1.82) is 0 Å². The Morgan fingerprint density at radius 1 is 0.907 bits per heavy atom. The summed E-state index contributed by atoms with van der Waals surface area (Å²) in [6.45, 7) is 7.08. The molecule has 1 N–H and O–H groups in total. The first-order chi connectivity index (χ1) is 20.3. The van der Waals surface area contributed by atoms with Crippen LogP contribution < -0.4 is 19.1 Å². The number of rotatable bonds is 13. The molecule has 0 heterocycles. The molecule has 9 nitrogen and oxygen atoms in total. The average molecular weight is 651 g/mol. The maximum atomic E-state index is 14.1. The Morgan fingerprint density at radius 2 is 1.56 bits per heavy atom. The highest BCUT2D eigenvalue weighted by molar-refractivity contribution is 7.92. The third-order valence-corrected chi connectivity index (χ3v) is 9.13. The summed E-state index contributed by atoms with van der Waals surface area (Å²) in [7, 11) is -1.36. The third kappa shape index (κ3) is 8.55. The summed E-state index contributed by atoms with van der Waals surface area (Å²) >= 11 is 12.5. The molecule has 12 heteroatoms. The number of anilines is 1. The largest absolute Gasteiger partial charge is 0.493 e. The van der Waals surface area contributed by atoms with Crippen molar-refractivity contribution in [2.45, 2.75) is 45.2 Å². The van der Waals surface area contributed by atoms with Gasteiger partial charge in [-0.05, 0) is 61.7 Å². The monoisotopic (exact) mass is 649 g/mol. The van der Waals surface area contributed by atoms with Crippen LogP contribution in [0.3, 0.4) is 0 Å². The SMILES string of the molecule is COc1ccc(N(CC(=O)N(Cc2ccc(Cl)cc2Cl)[C@H](C)C(=O)NCC(C)C)S(=O)(=O)c2ccc(C)cc2)cc1OC. The fourth-order valence-corrected chi connectivity index (χ4v) is 6.09. The van der Waals surface area contributed by atoms with Gasteiger partial charge in [-0.25, -0.2) is 8.42 Å². The Bertz CT molecular complexity index is 1550. The summed E-state index contributed by atoms with van der Waals surface area (Å²) in [6, 6.07) is 14.8. The van der Waals surface area contributed by atoms with Crippen LogP contribution in [-0.2, 0) is 26.2 Å². The number of sulfonamides is 1. The number of ether oxygens (including phenoxy) is 2. The standard InChI is InChI=1S/C31H37Cl2N3O6S/c1-20(2)17-34-31(38)22(4)35(18-23-9-10-24(32)15-27(23)33)30(37)19-36(25-11-14-28(41-5)29(16-25)42-6)43(39,40)26-12-7-21(3)8-13-26/h7-16,20,22H,17-19H2,1-6H3,(H,34,38)/t22-/m1/s1. The Hall–Kier alpha value is -3.47. The van der Waals surface area contributed by atoms with Gasteiger partial charge in [0.25, 0.3) is 10.0 Å². The molecule has 0 aliphatic heterocycles. The van der Waals surface area contributed by atoms with Crippen LogP contribution in [0.25, 0.3) is 0 Å². The van der Waals surface area contributed by atoms with E-state index in [1.807, 2.05) is 20.8 Å². The molecule has 3 aromatic carbocycles. The fourth-order valence-electron chi connectivity index (χ4n) is 4.21. The van der Waals surface area contributed by atoms with Crippen molar-refractivity contribution in [2.75, 3.05) is 31.6 Å². The van der Waals surface area contributed by atoms with Gasteiger partial charge in [0.1, 0.15) is 12.6 Å². The van der Waals surface area contributed by atoms with Gasteiger partial charge in [-0.15, -0.1) is 0 Å². The molecule has 3 aromatic rings. The van der Waals surface area contributed by atoms with E-state index in [4.69, 9.17) is 32.7 Å². The van der Waals surface area contributed by atoms with Gasteiger partial charge in [-0.1, -0.05) is 60.8 Å². The summed E-state index contributed by atoms with van der Waals surface area (Å²) < 4.78 is 39.8. The van der Waals surface area contributed by atoms with Crippen LogP contribution in [0.2, 0.25) is 10.0 Å². The number of carbonyl (C=O) groups excluding carboxylic acids is 2. The topological polar surface area (TPSA) is 105 Å². The van der Waals surface area contributed by atoms with Gasteiger partial charge in [0.2, 0.25) is 11.8 Å². The number of nitrogens with zero attached hydrogens (tertiary/aromatic N) is 2. The maximum absolute atomic E-state index is 14.1. The number of aryl methyl sites for hydroxylation is 1. The molecule has 0 radical (unpaired) electrons. The fraction of sp³-hybridized carbons (Fsp3) is 0.355. The van der Waals surface area contributed by atoms with Crippen LogP contribution in [0.5, 0.6) is 11.5 Å². The van der Waals surface area contributed by atoms with Gasteiger partial charge in [0, 0.05) is 29.2 Å². The van der Waals surface area contributed by atoms with Gasteiger partial charge < -0.3 is 19.7 Å². The van der Waals surface area contributed by atoms with Crippen molar-refractivity contribution in [3.8, 4) is 11.5 Å². The van der Waals surface area contributed by atoms with E-state index in [1.54, 1.807) is 43.3 Å². The van der Waals surface area contributed by atoms with Crippen molar-refractivity contribution in [1.82, 2.24) is 10.2 Å². The minimum Gasteiger partial charge on any atom is -0.493 e. The second kappa shape index (κ2) is 14.8. The number of nitrogens with one attached hydrogen (secondary N) is 1. The van der Waals surface area contributed by atoms with Crippen molar-refractivity contribution in [3.63, 3.8) is 0 Å². The van der Waals surface area contributed by atoms with Gasteiger partial charge >= 0.3 is 0 Å². The Balaban J connectivity index is 2.09. The molecule has 0 fully saturated rings. The second-order valence-electron chi connectivity index (χ2n) is 10.4. The molecule has 0 aromatic heterocycles. The lowest BCUT2D eigenvalue weighted by molar-refractivity contribution is -0.139. The normalized spacial score (nSPS) is 12.0. The zero-order valence-corrected chi connectivity index (χ0v) is 27.4. The van der Waals surface area contributed by atoms with Crippen LogP contribution in [0.15, 0.2) is 65.6 Å². The molecule has 43 heavy (non-hydrogen) atoms. The first-order valence-corrected chi connectivity index (χ1v) is 15.8. The van der Waals surface area contributed by atoms with E-state index in [-0.39, 0.29) is 34.7 Å². The van der Waals surface area contributed by atoms with E-state index in [0.29, 0.717) is 27.9 Å². The summed E-state index contributed by atoms with van der Waals surface area (Å²) in [5, 5.41) is 3.58. The molecule has 0 bridgehead atoms. The van der Waals surface area contributed by atoms with Crippen LogP contribution in [-0.4, -0.2) is 58.5 Å². The van der Waals surface area contributed by atoms with Crippen molar-refractivity contribution < 1.29 is 27.5 Å². The lowest BCUT2D eigenvalue weighted by Gasteiger charge is -2.32.